The van der Waals surface area contributed by atoms with Crippen LogP contribution in [0.15, 0.2) is 47.6 Å². The van der Waals surface area contributed by atoms with Crippen LogP contribution in [0.25, 0.3) is 0 Å². The van der Waals surface area contributed by atoms with E-state index in [9.17, 15) is 18.8 Å². The summed E-state index contributed by atoms with van der Waals surface area (Å²) in [6.07, 6.45) is 1.36. The minimum atomic E-state index is -1.11. The molecule has 0 saturated carbocycles. The topological polar surface area (TPSA) is 115 Å². The van der Waals surface area contributed by atoms with Crippen molar-refractivity contribution in [3.05, 3.63) is 53.8 Å². The number of para-hydroxylation sites is 1. The minimum Gasteiger partial charge on any atom is -0.490 e. The van der Waals surface area contributed by atoms with Crippen LogP contribution in [-0.2, 0) is 19.1 Å². The summed E-state index contributed by atoms with van der Waals surface area (Å²) in [7, 11) is 0. The Morgan fingerprint density at radius 3 is 2.48 bits per heavy atom. The summed E-state index contributed by atoms with van der Waals surface area (Å²) < 4.78 is 29.4. The lowest BCUT2D eigenvalue weighted by Crippen LogP contribution is -2.34. The second kappa shape index (κ2) is 12.8. The number of nitrogens with zero attached hydrogens (tertiary/aromatic N) is 1. The Hall–Kier alpha value is -3.95. The molecule has 0 saturated heterocycles. The Bertz CT molecular complexity index is 1010. The number of carbonyl (C=O) groups is 3. The number of benzene rings is 2. The zero-order chi connectivity index (χ0) is 24.2. The van der Waals surface area contributed by atoms with Crippen molar-refractivity contribution in [2.24, 2.45) is 11.0 Å². The highest BCUT2D eigenvalue weighted by molar-refractivity contribution is 6.06. The maximum Gasteiger partial charge on any atom is 0.344 e. The quantitative estimate of drug-likeness (QED) is 0.231. The molecule has 0 bridgehead atoms. The number of esters is 1. The van der Waals surface area contributed by atoms with E-state index in [0.29, 0.717) is 23.7 Å². The number of rotatable bonds is 11. The molecule has 10 heteroatoms. The van der Waals surface area contributed by atoms with Crippen molar-refractivity contribution in [2.75, 3.05) is 25.1 Å². The molecule has 2 aromatic rings. The van der Waals surface area contributed by atoms with E-state index in [1.807, 2.05) is 0 Å². The largest absolute Gasteiger partial charge is 0.490 e. The van der Waals surface area contributed by atoms with Gasteiger partial charge in [-0.2, -0.15) is 5.10 Å². The molecular formula is C23H26FN3O6. The Morgan fingerprint density at radius 2 is 1.79 bits per heavy atom. The maximum absolute atomic E-state index is 13.7. The van der Waals surface area contributed by atoms with E-state index in [-0.39, 0.29) is 18.9 Å². The Labute approximate surface area is 190 Å². The molecule has 0 spiro atoms. The van der Waals surface area contributed by atoms with Gasteiger partial charge in [0.2, 0.25) is 5.91 Å². The summed E-state index contributed by atoms with van der Waals surface area (Å²) in [5, 5.41) is 6.21. The highest BCUT2D eigenvalue weighted by atomic mass is 19.1. The number of hydrogen-bond donors (Lipinski definition) is 2. The van der Waals surface area contributed by atoms with Gasteiger partial charge >= 0.3 is 5.97 Å². The highest BCUT2D eigenvalue weighted by Crippen LogP contribution is 2.28. The van der Waals surface area contributed by atoms with Gasteiger partial charge in [0, 0.05) is 0 Å². The summed E-state index contributed by atoms with van der Waals surface area (Å²) in [6.45, 7) is 5.23. The molecule has 33 heavy (non-hydrogen) atoms. The lowest BCUT2D eigenvalue weighted by molar-refractivity contribution is -0.145. The van der Waals surface area contributed by atoms with Gasteiger partial charge in [0.05, 0.1) is 25.1 Å². The van der Waals surface area contributed by atoms with Crippen LogP contribution < -0.4 is 20.2 Å². The van der Waals surface area contributed by atoms with Crippen molar-refractivity contribution in [1.82, 2.24) is 5.43 Å². The number of nitrogens with one attached hydrogen (secondary N) is 2. The molecule has 2 rings (SSSR count). The third kappa shape index (κ3) is 7.91. The van der Waals surface area contributed by atoms with E-state index < -0.39 is 29.5 Å². The van der Waals surface area contributed by atoms with Crippen molar-refractivity contribution >= 4 is 29.7 Å². The van der Waals surface area contributed by atoms with Crippen LogP contribution in [0.1, 0.15) is 26.3 Å². The van der Waals surface area contributed by atoms with Crippen LogP contribution in [0.3, 0.4) is 0 Å². The molecule has 2 amide bonds. The second-order valence-electron chi connectivity index (χ2n) is 6.66. The molecule has 0 radical (unpaired) electrons. The van der Waals surface area contributed by atoms with Gasteiger partial charge in [-0.1, -0.05) is 12.1 Å². The molecular weight excluding hydrogens is 433 g/mol. The fourth-order valence-electron chi connectivity index (χ4n) is 2.52. The van der Waals surface area contributed by atoms with Gasteiger partial charge in [0.15, 0.2) is 18.1 Å². The van der Waals surface area contributed by atoms with E-state index in [0.717, 1.165) is 0 Å². The zero-order valence-electron chi connectivity index (χ0n) is 18.6. The first-order valence-corrected chi connectivity index (χ1v) is 10.3. The molecule has 0 aliphatic carbocycles. The molecule has 0 aromatic heterocycles. The Balaban J connectivity index is 1.96. The van der Waals surface area contributed by atoms with Crippen molar-refractivity contribution in [3.8, 4) is 11.5 Å². The first-order chi connectivity index (χ1) is 15.8. The second-order valence-corrected chi connectivity index (χ2v) is 6.66. The van der Waals surface area contributed by atoms with Gasteiger partial charge in [-0.15, -0.1) is 0 Å². The monoisotopic (exact) mass is 459 g/mol. The van der Waals surface area contributed by atoms with Crippen LogP contribution in [0.5, 0.6) is 11.5 Å². The number of carbonyl (C=O) groups excluding carboxylic acids is 3. The zero-order valence-corrected chi connectivity index (χ0v) is 18.6. The van der Waals surface area contributed by atoms with Crippen LogP contribution in [0, 0.1) is 11.7 Å². The van der Waals surface area contributed by atoms with Gasteiger partial charge in [0.1, 0.15) is 11.7 Å². The van der Waals surface area contributed by atoms with Gasteiger partial charge in [0.25, 0.3) is 5.91 Å². The molecule has 2 aromatic carbocycles. The van der Waals surface area contributed by atoms with E-state index in [1.54, 1.807) is 38.1 Å². The molecule has 1 atom stereocenters. The Kier molecular flexibility index (Phi) is 9.81. The smallest absolute Gasteiger partial charge is 0.344 e. The summed E-state index contributed by atoms with van der Waals surface area (Å²) in [6, 6.07) is 10.5. The average Bonchev–Trinajstić information content (AvgIpc) is 2.79. The SMILES string of the molecule is CCOC(=O)COc1ccc(C=NNC(=O)C(C)C(=O)Nc2ccccc2F)cc1OCC. The average molecular weight is 459 g/mol. The number of anilines is 1. The number of hydrogen-bond acceptors (Lipinski definition) is 7. The standard InChI is InChI=1S/C23H26FN3O6/c1-4-31-20-12-16(10-11-19(20)33-14-21(28)32-5-2)13-25-27-23(30)15(3)22(29)26-18-9-7-6-8-17(18)24/h6-13,15H,4-5,14H2,1-3H3,(H,26,29)(H,27,30). The normalized spacial score (nSPS) is 11.5. The number of halogens is 1. The molecule has 9 nitrogen and oxygen atoms in total. The van der Waals surface area contributed by atoms with E-state index >= 15 is 0 Å². The Morgan fingerprint density at radius 1 is 1.03 bits per heavy atom. The van der Waals surface area contributed by atoms with Crippen LogP contribution >= 0.6 is 0 Å². The van der Waals surface area contributed by atoms with E-state index in [2.05, 4.69) is 15.8 Å². The van der Waals surface area contributed by atoms with Gasteiger partial charge in [-0.25, -0.2) is 14.6 Å². The first kappa shape index (κ1) is 25.3. The highest BCUT2D eigenvalue weighted by Gasteiger charge is 2.22. The van der Waals surface area contributed by atoms with Crippen molar-refractivity contribution in [3.63, 3.8) is 0 Å². The molecule has 0 aliphatic rings. The molecule has 0 heterocycles. The maximum atomic E-state index is 13.7. The first-order valence-electron chi connectivity index (χ1n) is 10.3. The molecule has 176 valence electrons. The summed E-state index contributed by atoms with van der Waals surface area (Å²) in [5.41, 5.74) is 2.84. The van der Waals surface area contributed by atoms with Crippen LogP contribution in [0.4, 0.5) is 10.1 Å². The number of ether oxygens (including phenoxy) is 3. The lowest BCUT2D eigenvalue weighted by atomic mass is 10.1. The predicted molar refractivity (Wildman–Crippen MR) is 120 cm³/mol. The van der Waals surface area contributed by atoms with Gasteiger partial charge in [-0.05, 0) is 56.7 Å². The molecule has 0 fully saturated rings. The fraction of sp³-hybridized carbons (Fsp3) is 0.304. The summed E-state index contributed by atoms with van der Waals surface area (Å²) in [5.74, 6) is -2.81. The van der Waals surface area contributed by atoms with Crippen molar-refractivity contribution < 1.29 is 33.0 Å². The summed E-state index contributed by atoms with van der Waals surface area (Å²) in [4.78, 5) is 35.9. The third-order valence-electron chi connectivity index (χ3n) is 4.23. The number of hydrazone groups is 1. The van der Waals surface area contributed by atoms with Crippen LogP contribution in [-0.4, -0.2) is 43.8 Å². The minimum absolute atomic E-state index is 0.0145. The molecule has 2 N–H and O–H groups in total. The third-order valence-corrected chi connectivity index (χ3v) is 4.23. The van der Waals surface area contributed by atoms with Gasteiger partial charge in [-0.3, -0.25) is 9.59 Å². The molecule has 1 unspecified atom stereocenters. The number of amides is 2. The summed E-state index contributed by atoms with van der Waals surface area (Å²) >= 11 is 0. The predicted octanol–water partition coefficient (Wildman–Crippen LogP) is 2.89. The van der Waals surface area contributed by atoms with Gasteiger partial charge < -0.3 is 19.5 Å². The van der Waals surface area contributed by atoms with Crippen molar-refractivity contribution in [1.29, 1.82) is 0 Å². The van der Waals surface area contributed by atoms with Crippen LogP contribution in [0.2, 0.25) is 0 Å². The van der Waals surface area contributed by atoms with E-state index in [1.165, 1.54) is 31.3 Å². The molecule has 0 aliphatic heterocycles. The van der Waals surface area contributed by atoms with Crippen molar-refractivity contribution in [2.45, 2.75) is 20.8 Å². The fourth-order valence-corrected chi connectivity index (χ4v) is 2.52. The lowest BCUT2D eigenvalue weighted by Gasteiger charge is -2.12. The van der Waals surface area contributed by atoms with E-state index in [4.69, 9.17) is 14.2 Å².